The zero-order valence-electron chi connectivity index (χ0n) is 15.3. The molecule has 4 nitrogen and oxygen atoms in total. The van der Waals surface area contributed by atoms with E-state index < -0.39 is 6.04 Å². The summed E-state index contributed by atoms with van der Waals surface area (Å²) in [4.78, 5) is 29.6. The minimum Gasteiger partial charge on any atom is -0.341 e. The molecule has 3 rings (SSSR count). The van der Waals surface area contributed by atoms with Crippen molar-refractivity contribution in [2.75, 3.05) is 0 Å². The lowest BCUT2D eigenvalue weighted by Crippen LogP contribution is -2.43. The van der Waals surface area contributed by atoms with Crippen LogP contribution in [0.25, 0.3) is 0 Å². The molecule has 0 aliphatic carbocycles. The Morgan fingerprint density at radius 2 is 1.63 bits per heavy atom. The molecule has 0 saturated heterocycles. The van der Waals surface area contributed by atoms with Gasteiger partial charge in [-0.1, -0.05) is 60.7 Å². The van der Waals surface area contributed by atoms with Gasteiger partial charge < -0.3 is 5.32 Å². The van der Waals surface area contributed by atoms with Gasteiger partial charge in [0.15, 0.2) is 5.78 Å². The molecule has 0 saturated carbocycles. The van der Waals surface area contributed by atoms with E-state index in [2.05, 4.69) is 10.3 Å². The van der Waals surface area contributed by atoms with Crippen molar-refractivity contribution in [1.82, 2.24) is 10.3 Å². The second kappa shape index (κ2) is 8.90. The summed E-state index contributed by atoms with van der Waals surface area (Å²) in [5.74, 6) is -0.355. The van der Waals surface area contributed by atoms with E-state index in [9.17, 15) is 9.59 Å². The number of nitrogens with one attached hydrogen (secondary N) is 1. The highest BCUT2D eigenvalue weighted by molar-refractivity contribution is 5.97. The molecule has 1 N–H and O–H groups in total. The van der Waals surface area contributed by atoms with Crippen molar-refractivity contribution in [2.45, 2.75) is 25.8 Å². The van der Waals surface area contributed by atoms with Crippen LogP contribution in [0.2, 0.25) is 0 Å². The van der Waals surface area contributed by atoms with Gasteiger partial charge in [0.1, 0.15) is 5.69 Å². The molecule has 0 bridgehead atoms. The second-order valence-corrected chi connectivity index (χ2v) is 6.50. The lowest BCUT2D eigenvalue weighted by molar-refractivity contribution is -0.120. The highest BCUT2D eigenvalue weighted by Crippen LogP contribution is 2.12. The van der Waals surface area contributed by atoms with Gasteiger partial charge in [-0.25, -0.2) is 0 Å². The third kappa shape index (κ3) is 5.11. The van der Waals surface area contributed by atoms with Crippen LogP contribution >= 0.6 is 0 Å². The predicted molar refractivity (Wildman–Crippen MR) is 106 cm³/mol. The molecule has 1 aromatic heterocycles. The molecule has 1 amide bonds. The predicted octanol–water partition coefficient (Wildman–Crippen LogP) is 3.54. The number of hydrogen-bond acceptors (Lipinski definition) is 3. The van der Waals surface area contributed by atoms with Crippen LogP contribution in [-0.2, 0) is 17.6 Å². The van der Waals surface area contributed by atoms with Crippen molar-refractivity contribution in [3.05, 3.63) is 101 Å². The third-order valence-corrected chi connectivity index (χ3v) is 4.50. The van der Waals surface area contributed by atoms with Gasteiger partial charge in [-0.2, -0.15) is 0 Å². The van der Waals surface area contributed by atoms with Crippen molar-refractivity contribution in [1.29, 1.82) is 0 Å². The summed E-state index contributed by atoms with van der Waals surface area (Å²) >= 11 is 0. The number of nitrogens with zero attached hydrogens (tertiary/aromatic N) is 1. The van der Waals surface area contributed by atoms with E-state index in [0.29, 0.717) is 12.1 Å². The Bertz CT molecular complexity index is 908. The largest absolute Gasteiger partial charge is 0.341 e. The molecule has 0 aliphatic heterocycles. The van der Waals surface area contributed by atoms with Gasteiger partial charge >= 0.3 is 0 Å². The van der Waals surface area contributed by atoms with E-state index in [1.807, 2.05) is 61.5 Å². The van der Waals surface area contributed by atoms with E-state index >= 15 is 0 Å². The molecule has 0 fully saturated rings. The molecule has 4 heteroatoms. The summed E-state index contributed by atoms with van der Waals surface area (Å²) in [7, 11) is 0. The molecule has 0 spiro atoms. The molecule has 27 heavy (non-hydrogen) atoms. The van der Waals surface area contributed by atoms with Crippen LogP contribution in [-0.4, -0.2) is 22.7 Å². The van der Waals surface area contributed by atoms with Crippen molar-refractivity contribution < 1.29 is 9.59 Å². The lowest BCUT2D eigenvalue weighted by Gasteiger charge is -2.18. The number of amides is 1. The number of benzene rings is 2. The monoisotopic (exact) mass is 358 g/mol. The number of rotatable bonds is 7. The van der Waals surface area contributed by atoms with Gasteiger partial charge in [0.25, 0.3) is 5.91 Å². The molecule has 1 unspecified atom stereocenters. The van der Waals surface area contributed by atoms with Crippen molar-refractivity contribution in [3.63, 3.8) is 0 Å². The number of hydrogen-bond donors (Lipinski definition) is 1. The SMILES string of the molecule is Cc1ccccc1CC(=O)C(Cc1ccccc1)NC(=O)c1ccccn1. The van der Waals surface area contributed by atoms with Crippen LogP contribution in [0.5, 0.6) is 0 Å². The summed E-state index contributed by atoms with van der Waals surface area (Å²) in [6.07, 6.45) is 2.30. The van der Waals surface area contributed by atoms with Gasteiger partial charge in [0.05, 0.1) is 6.04 Å². The number of carbonyl (C=O) groups is 2. The molecular formula is C23H22N2O2. The molecule has 1 atom stereocenters. The van der Waals surface area contributed by atoms with Crippen LogP contribution in [0.4, 0.5) is 0 Å². The number of aryl methyl sites for hydroxylation is 1. The van der Waals surface area contributed by atoms with Gasteiger partial charge in [-0.15, -0.1) is 0 Å². The summed E-state index contributed by atoms with van der Waals surface area (Å²) in [5, 5.41) is 2.87. The zero-order chi connectivity index (χ0) is 19.1. The van der Waals surface area contributed by atoms with E-state index in [1.165, 1.54) is 0 Å². The first kappa shape index (κ1) is 18.5. The number of ketones is 1. The maximum Gasteiger partial charge on any atom is 0.270 e. The average molecular weight is 358 g/mol. The summed E-state index contributed by atoms with van der Waals surface area (Å²) < 4.78 is 0. The van der Waals surface area contributed by atoms with Crippen LogP contribution in [0.15, 0.2) is 79.0 Å². The number of Topliss-reactive ketones (excluding diaryl/α,β-unsaturated/α-hetero) is 1. The van der Waals surface area contributed by atoms with Crippen molar-refractivity contribution in [3.8, 4) is 0 Å². The Labute approximate surface area is 159 Å². The van der Waals surface area contributed by atoms with E-state index in [4.69, 9.17) is 0 Å². The third-order valence-electron chi connectivity index (χ3n) is 4.50. The summed E-state index contributed by atoms with van der Waals surface area (Å²) in [6.45, 7) is 1.99. The topological polar surface area (TPSA) is 59.1 Å². The summed E-state index contributed by atoms with van der Waals surface area (Å²) in [6, 6.07) is 22.1. The van der Waals surface area contributed by atoms with E-state index in [0.717, 1.165) is 16.7 Å². The normalized spacial score (nSPS) is 11.6. The minimum absolute atomic E-state index is 0.0163. The lowest BCUT2D eigenvalue weighted by atomic mass is 9.95. The zero-order valence-corrected chi connectivity index (χ0v) is 15.3. The van der Waals surface area contributed by atoms with Gasteiger partial charge in [0.2, 0.25) is 0 Å². The van der Waals surface area contributed by atoms with Crippen molar-refractivity contribution >= 4 is 11.7 Å². The quantitative estimate of drug-likeness (QED) is 0.703. The number of carbonyl (C=O) groups excluding carboxylic acids is 2. The highest BCUT2D eigenvalue weighted by Gasteiger charge is 2.23. The molecule has 0 radical (unpaired) electrons. The van der Waals surface area contributed by atoms with Gasteiger partial charge in [-0.05, 0) is 42.2 Å². The second-order valence-electron chi connectivity index (χ2n) is 6.50. The van der Waals surface area contributed by atoms with E-state index in [-0.39, 0.29) is 18.1 Å². The number of pyridine rings is 1. The molecular weight excluding hydrogens is 336 g/mol. The average Bonchev–Trinajstić information content (AvgIpc) is 2.70. The number of aromatic nitrogens is 1. The van der Waals surface area contributed by atoms with Crippen LogP contribution in [0.1, 0.15) is 27.2 Å². The Morgan fingerprint density at radius 3 is 2.33 bits per heavy atom. The highest BCUT2D eigenvalue weighted by atomic mass is 16.2. The van der Waals surface area contributed by atoms with Crippen LogP contribution in [0, 0.1) is 6.92 Å². The molecule has 0 aliphatic rings. The van der Waals surface area contributed by atoms with Gasteiger partial charge in [-0.3, -0.25) is 14.6 Å². The first-order chi connectivity index (χ1) is 13.1. The Hall–Kier alpha value is -3.27. The van der Waals surface area contributed by atoms with Crippen LogP contribution in [0.3, 0.4) is 0 Å². The molecule has 136 valence electrons. The Balaban J connectivity index is 1.79. The molecule has 1 heterocycles. The Morgan fingerprint density at radius 1 is 0.926 bits per heavy atom. The first-order valence-electron chi connectivity index (χ1n) is 8.96. The fourth-order valence-electron chi connectivity index (χ4n) is 2.94. The fourth-order valence-corrected chi connectivity index (χ4v) is 2.94. The first-order valence-corrected chi connectivity index (χ1v) is 8.96. The minimum atomic E-state index is -0.610. The summed E-state index contributed by atoms with van der Waals surface area (Å²) in [5.41, 5.74) is 3.36. The Kier molecular flexibility index (Phi) is 6.10. The van der Waals surface area contributed by atoms with Crippen LogP contribution < -0.4 is 5.32 Å². The molecule has 3 aromatic rings. The maximum absolute atomic E-state index is 13.0. The molecule has 2 aromatic carbocycles. The fraction of sp³-hybridized carbons (Fsp3) is 0.174. The van der Waals surface area contributed by atoms with Gasteiger partial charge in [0, 0.05) is 12.6 Å². The standard InChI is InChI=1S/C23H22N2O2/c1-17-9-5-6-12-19(17)16-22(26)21(15-18-10-3-2-4-11-18)25-23(27)20-13-7-8-14-24-20/h2-14,21H,15-16H2,1H3,(H,25,27). The van der Waals surface area contributed by atoms with Crippen molar-refractivity contribution in [2.24, 2.45) is 0 Å². The van der Waals surface area contributed by atoms with E-state index in [1.54, 1.807) is 24.4 Å². The maximum atomic E-state index is 13.0. The smallest absolute Gasteiger partial charge is 0.270 e.